The highest BCUT2D eigenvalue weighted by molar-refractivity contribution is 5.93. The van der Waals surface area contributed by atoms with Crippen LogP contribution in [-0.2, 0) is 0 Å². The molecule has 1 saturated carbocycles. The molecule has 1 aromatic heterocycles. The number of amides is 1. The molecule has 3 rings (SSSR count). The molecule has 1 amide bonds. The van der Waals surface area contributed by atoms with Crippen molar-refractivity contribution in [1.29, 1.82) is 0 Å². The number of hydrogen-bond acceptors (Lipinski definition) is 5. The molecule has 1 atom stereocenters. The Kier molecular flexibility index (Phi) is 5.84. The molecule has 3 N–H and O–H groups in total. The maximum absolute atomic E-state index is 12.4. The molecule has 1 saturated heterocycles. The molecule has 7 nitrogen and oxygen atoms in total. The van der Waals surface area contributed by atoms with Gasteiger partial charge >= 0.3 is 0 Å². The van der Waals surface area contributed by atoms with Crippen LogP contribution in [0.15, 0.2) is 0 Å². The van der Waals surface area contributed by atoms with E-state index in [4.69, 9.17) is 0 Å². The zero-order chi connectivity index (χ0) is 16.9. The standard InChI is InChI=1S/C17H29N5O2/c1-12-16(20-21-22(12)14-7-9-18-10-8-14)17(24)19-11-15(23)13-5-3-2-4-6-13/h13-15,18,23H,2-11H2,1H3,(H,19,24). The number of rotatable bonds is 5. The second-order valence-electron chi connectivity index (χ2n) is 7.12. The molecule has 1 aliphatic heterocycles. The highest BCUT2D eigenvalue weighted by Gasteiger charge is 2.25. The molecule has 2 fully saturated rings. The van der Waals surface area contributed by atoms with E-state index in [0.29, 0.717) is 24.2 Å². The molecule has 0 radical (unpaired) electrons. The number of piperidine rings is 1. The Hall–Kier alpha value is -1.47. The van der Waals surface area contributed by atoms with E-state index >= 15 is 0 Å². The number of carbonyl (C=O) groups excluding carboxylic acids is 1. The third-order valence-electron chi connectivity index (χ3n) is 5.46. The molecule has 7 heteroatoms. The van der Waals surface area contributed by atoms with Crippen LogP contribution in [-0.4, -0.2) is 51.7 Å². The number of hydrogen-bond donors (Lipinski definition) is 3. The third-order valence-corrected chi connectivity index (χ3v) is 5.46. The number of carbonyl (C=O) groups is 1. The van der Waals surface area contributed by atoms with Crippen LogP contribution >= 0.6 is 0 Å². The lowest BCUT2D eigenvalue weighted by atomic mass is 9.85. The minimum absolute atomic E-state index is 0.234. The molecule has 0 aromatic carbocycles. The van der Waals surface area contributed by atoms with Crippen LogP contribution in [0.25, 0.3) is 0 Å². The van der Waals surface area contributed by atoms with E-state index in [1.165, 1.54) is 19.3 Å². The predicted octanol–water partition coefficient (Wildman–Crippen LogP) is 1.18. The monoisotopic (exact) mass is 335 g/mol. The van der Waals surface area contributed by atoms with Crippen molar-refractivity contribution in [2.45, 2.75) is 64.0 Å². The first-order valence-corrected chi connectivity index (χ1v) is 9.25. The van der Waals surface area contributed by atoms with E-state index in [1.807, 2.05) is 11.6 Å². The van der Waals surface area contributed by atoms with Gasteiger partial charge in [-0.3, -0.25) is 4.79 Å². The first-order valence-electron chi connectivity index (χ1n) is 9.25. The van der Waals surface area contributed by atoms with E-state index < -0.39 is 6.10 Å². The van der Waals surface area contributed by atoms with Crippen molar-refractivity contribution < 1.29 is 9.90 Å². The molecule has 0 spiro atoms. The van der Waals surface area contributed by atoms with E-state index in [2.05, 4.69) is 20.9 Å². The topological polar surface area (TPSA) is 92.1 Å². The Morgan fingerprint density at radius 3 is 2.71 bits per heavy atom. The SMILES string of the molecule is Cc1c(C(=O)NCC(O)C2CCCCC2)nnn1C1CCNCC1. The number of aliphatic hydroxyl groups is 1. The van der Waals surface area contributed by atoms with Gasteiger partial charge in [0.2, 0.25) is 0 Å². The summed E-state index contributed by atoms with van der Waals surface area (Å²) in [5.41, 5.74) is 1.19. The molecule has 134 valence electrons. The smallest absolute Gasteiger partial charge is 0.273 e. The van der Waals surface area contributed by atoms with Crippen molar-refractivity contribution in [3.8, 4) is 0 Å². The summed E-state index contributed by atoms with van der Waals surface area (Å²) in [5.74, 6) is 0.0770. The number of nitrogens with zero attached hydrogens (tertiary/aromatic N) is 3. The van der Waals surface area contributed by atoms with Crippen molar-refractivity contribution in [1.82, 2.24) is 25.6 Å². The van der Waals surface area contributed by atoms with Crippen LogP contribution in [0.4, 0.5) is 0 Å². The maximum Gasteiger partial charge on any atom is 0.273 e. The molecule has 2 aliphatic rings. The van der Waals surface area contributed by atoms with Gasteiger partial charge in [-0.1, -0.05) is 24.5 Å². The lowest BCUT2D eigenvalue weighted by Gasteiger charge is -2.26. The highest BCUT2D eigenvalue weighted by atomic mass is 16.3. The van der Waals surface area contributed by atoms with Gasteiger partial charge in [-0.2, -0.15) is 0 Å². The normalized spacial score (nSPS) is 21.6. The number of aromatic nitrogens is 3. The molecule has 1 unspecified atom stereocenters. The summed E-state index contributed by atoms with van der Waals surface area (Å²) in [5, 5.41) is 24.7. The zero-order valence-electron chi connectivity index (χ0n) is 14.5. The zero-order valence-corrected chi connectivity index (χ0v) is 14.5. The first kappa shape index (κ1) is 17.4. The summed E-state index contributed by atoms with van der Waals surface area (Å²) in [6, 6.07) is 0.313. The maximum atomic E-state index is 12.4. The van der Waals surface area contributed by atoms with Gasteiger partial charge in [0, 0.05) is 6.54 Å². The summed E-state index contributed by atoms with van der Waals surface area (Å²) >= 11 is 0. The molecule has 2 heterocycles. The fourth-order valence-electron chi connectivity index (χ4n) is 3.92. The largest absolute Gasteiger partial charge is 0.391 e. The average Bonchev–Trinajstić information content (AvgIpc) is 3.02. The lowest BCUT2D eigenvalue weighted by Crippen LogP contribution is -2.37. The first-order chi connectivity index (χ1) is 11.7. The van der Waals surface area contributed by atoms with E-state index in [-0.39, 0.29) is 5.91 Å². The second-order valence-corrected chi connectivity index (χ2v) is 7.12. The van der Waals surface area contributed by atoms with Crippen LogP contribution in [0, 0.1) is 12.8 Å². The van der Waals surface area contributed by atoms with Gasteiger partial charge < -0.3 is 15.7 Å². The fourth-order valence-corrected chi connectivity index (χ4v) is 3.92. The minimum Gasteiger partial charge on any atom is -0.391 e. The summed E-state index contributed by atoms with van der Waals surface area (Å²) in [6.45, 7) is 4.13. The predicted molar refractivity (Wildman–Crippen MR) is 90.8 cm³/mol. The summed E-state index contributed by atoms with van der Waals surface area (Å²) in [4.78, 5) is 12.4. The van der Waals surface area contributed by atoms with Gasteiger partial charge in [0.25, 0.3) is 5.91 Å². The molecule has 24 heavy (non-hydrogen) atoms. The average molecular weight is 335 g/mol. The van der Waals surface area contributed by atoms with Crippen molar-refractivity contribution in [2.75, 3.05) is 19.6 Å². The lowest BCUT2D eigenvalue weighted by molar-refractivity contribution is 0.0735. The van der Waals surface area contributed by atoms with Crippen molar-refractivity contribution in [3.63, 3.8) is 0 Å². The Labute approximate surface area is 143 Å². The minimum atomic E-state index is -0.464. The molecule has 1 aromatic rings. The van der Waals surface area contributed by atoms with Gasteiger partial charge in [0.1, 0.15) is 0 Å². The van der Waals surface area contributed by atoms with Crippen LogP contribution in [0.5, 0.6) is 0 Å². The molecule has 0 bridgehead atoms. The van der Waals surface area contributed by atoms with E-state index in [1.54, 1.807) is 0 Å². The van der Waals surface area contributed by atoms with Crippen LogP contribution < -0.4 is 10.6 Å². The summed E-state index contributed by atoms with van der Waals surface area (Å²) < 4.78 is 1.88. The number of nitrogens with one attached hydrogen (secondary N) is 2. The van der Waals surface area contributed by atoms with Crippen molar-refractivity contribution >= 4 is 5.91 Å². The Balaban J connectivity index is 1.55. The van der Waals surface area contributed by atoms with Gasteiger partial charge in [-0.25, -0.2) is 4.68 Å². The van der Waals surface area contributed by atoms with E-state index in [0.717, 1.165) is 44.5 Å². The fraction of sp³-hybridized carbons (Fsp3) is 0.824. The van der Waals surface area contributed by atoms with Crippen LogP contribution in [0.3, 0.4) is 0 Å². The van der Waals surface area contributed by atoms with Crippen molar-refractivity contribution in [2.24, 2.45) is 5.92 Å². The quantitative estimate of drug-likeness (QED) is 0.751. The Morgan fingerprint density at radius 1 is 1.29 bits per heavy atom. The Bertz CT molecular complexity index is 547. The van der Waals surface area contributed by atoms with Crippen LogP contribution in [0.1, 0.15) is 67.2 Å². The van der Waals surface area contributed by atoms with E-state index in [9.17, 15) is 9.90 Å². The van der Waals surface area contributed by atoms with Crippen molar-refractivity contribution in [3.05, 3.63) is 11.4 Å². The molecular weight excluding hydrogens is 306 g/mol. The van der Waals surface area contributed by atoms with Gasteiger partial charge in [-0.15, -0.1) is 5.10 Å². The highest BCUT2D eigenvalue weighted by Crippen LogP contribution is 2.26. The Morgan fingerprint density at radius 2 is 2.00 bits per heavy atom. The number of aliphatic hydroxyl groups excluding tert-OH is 1. The third kappa shape index (κ3) is 3.95. The van der Waals surface area contributed by atoms with Gasteiger partial charge in [0.15, 0.2) is 5.69 Å². The van der Waals surface area contributed by atoms with Gasteiger partial charge in [-0.05, 0) is 51.6 Å². The second kappa shape index (κ2) is 8.07. The molecular formula is C17H29N5O2. The van der Waals surface area contributed by atoms with Gasteiger partial charge in [0.05, 0.1) is 17.8 Å². The molecule has 1 aliphatic carbocycles. The van der Waals surface area contributed by atoms with Crippen LogP contribution in [0.2, 0.25) is 0 Å². The summed E-state index contributed by atoms with van der Waals surface area (Å²) in [6.07, 6.45) is 7.28. The summed E-state index contributed by atoms with van der Waals surface area (Å²) in [7, 11) is 0.